The lowest BCUT2D eigenvalue weighted by Crippen LogP contribution is -2.05. The molecule has 0 bridgehead atoms. The van der Waals surface area contributed by atoms with Gasteiger partial charge in [0.25, 0.3) is 0 Å². The first-order valence-corrected chi connectivity index (χ1v) is 7.10. The van der Waals surface area contributed by atoms with E-state index in [0.29, 0.717) is 0 Å². The Morgan fingerprint density at radius 2 is 1.82 bits per heavy atom. The number of rotatable bonds is 3. The van der Waals surface area contributed by atoms with Crippen LogP contribution >= 0.6 is 0 Å². The number of ether oxygens (including phenoxy) is 1. The van der Waals surface area contributed by atoms with Crippen LogP contribution < -0.4 is 4.74 Å². The van der Waals surface area contributed by atoms with E-state index in [1.54, 1.807) is 13.3 Å². The van der Waals surface area contributed by atoms with Gasteiger partial charge in [-0.25, -0.2) is 0 Å². The molecule has 0 saturated heterocycles. The van der Waals surface area contributed by atoms with Crippen molar-refractivity contribution >= 4 is 0 Å². The second-order valence-corrected chi connectivity index (χ2v) is 5.22. The number of pyridine rings is 1. The van der Waals surface area contributed by atoms with Crippen LogP contribution in [0.4, 0.5) is 0 Å². The van der Waals surface area contributed by atoms with E-state index in [2.05, 4.69) is 28.2 Å². The van der Waals surface area contributed by atoms with Gasteiger partial charge in [-0.15, -0.1) is 10.2 Å². The first kappa shape index (κ1) is 14.3. The minimum Gasteiger partial charge on any atom is -0.495 e. The van der Waals surface area contributed by atoms with Crippen LogP contribution in [-0.2, 0) is 0 Å². The molecule has 0 saturated carbocycles. The predicted octanol–water partition coefficient (Wildman–Crippen LogP) is 3.26. The van der Waals surface area contributed by atoms with Gasteiger partial charge < -0.3 is 4.74 Å². The Kier molecular flexibility index (Phi) is 3.63. The van der Waals surface area contributed by atoms with Crippen LogP contribution in [-0.4, -0.2) is 26.9 Å². The summed E-state index contributed by atoms with van der Waals surface area (Å²) in [5, 5.41) is 8.61. The summed E-state index contributed by atoms with van der Waals surface area (Å²) in [5.41, 5.74) is 4.14. The van der Waals surface area contributed by atoms with Crippen molar-refractivity contribution in [2.75, 3.05) is 7.11 Å². The minimum atomic E-state index is 0.774. The van der Waals surface area contributed by atoms with Gasteiger partial charge in [-0.2, -0.15) is 0 Å². The molecule has 112 valence electrons. The molecule has 0 spiro atoms. The molecule has 2 aromatic heterocycles. The van der Waals surface area contributed by atoms with Crippen molar-refractivity contribution in [1.82, 2.24) is 19.7 Å². The predicted molar refractivity (Wildman–Crippen MR) is 85.4 cm³/mol. The van der Waals surface area contributed by atoms with Gasteiger partial charge in [-0.3, -0.25) is 9.55 Å². The van der Waals surface area contributed by atoms with Crippen molar-refractivity contribution in [3.8, 4) is 22.8 Å². The van der Waals surface area contributed by atoms with Gasteiger partial charge in [0.1, 0.15) is 11.6 Å². The van der Waals surface area contributed by atoms with Crippen LogP contribution in [0.1, 0.15) is 17.0 Å². The van der Waals surface area contributed by atoms with E-state index in [1.165, 1.54) is 0 Å². The lowest BCUT2D eigenvalue weighted by Gasteiger charge is -2.16. The number of para-hydroxylation sites is 1. The average Bonchev–Trinajstić information content (AvgIpc) is 2.89. The van der Waals surface area contributed by atoms with Crippen LogP contribution in [0.5, 0.6) is 5.75 Å². The van der Waals surface area contributed by atoms with Crippen LogP contribution in [0.15, 0.2) is 36.7 Å². The highest BCUT2D eigenvalue weighted by atomic mass is 16.5. The molecular formula is C17H18N4O. The second kappa shape index (κ2) is 5.60. The fourth-order valence-electron chi connectivity index (χ4n) is 2.59. The zero-order valence-electron chi connectivity index (χ0n) is 13.2. The molecule has 0 aliphatic carbocycles. The fourth-order valence-corrected chi connectivity index (χ4v) is 2.59. The first-order chi connectivity index (χ1) is 10.6. The molecule has 3 rings (SSSR count). The van der Waals surface area contributed by atoms with Gasteiger partial charge in [0.2, 0.25) is 0 Å². The van der Waals surface area contributed by atoms with Gasteiger partial charge >= 0.3 is 0 Å². The molecule has 5 nitrogen and oxygen atoms in total. The first-order valence-electron chi connectivity index (χ1n) is 7.10. The van der Waals surface area contributed by atoms with Gasteiger partial charge in [-0.05, 0) is 44.0 Å². The molecule has 1 aromatic carbocycles. The molecule has 0 atom stereocenters. The van der Waals surface area contributed by atoms with Crippen molar-refractivity contribution in [3.05, 3.63) is 53.6 Å². The number of aryl methyl sites for hydroxylation is 3. The van der Waals surface area contributed by atoms with Crippen LogP contribution in [0.3, 0.4) is 0 Å². The molecule has 0 radical (unpaired) electrons. The molecule has 0 N–H and O–H groups in total. The summed E-state index contributed by atoms with van der Waals surface area (Å²) >= 11 is 0. The Hall–Kier alpha value is -2.69. The highest BCUT2D eigenvalue weighted by molar-refractivity contribution is 5.64. The molecule has 0 fully saturated rings. The number of methoxy groups -OCH3 is 1. The summed E-state index contributed by atoms with van der Waals surface area (Å²) in [4.78, 5) is 4.22. The molecule has 22 heavy (non-hydrogen) atoms. The van der Waals surface area contributed by atoms with Gasteiger partial charge in [0, 0.05) is 18.0 Å². The molecule has 0 aliphatic rings. The van der Waals surface area contributed by atoms with Crippen LogP contribution in [0, 0.1) is 20.8 Å². The summed E-state index contributed by atoms with van der Waals surface area (Å²) in [6, 6.07) is 7.95. The number of hydrogen-bond donors (Lipinski definition) is 0. The van der Waals surface area contributed by atoms with E-state index in [4.69, 9.17) is 4.74 Å². The quantitative estimate of drug-likeness (QED) is 0.744. The van der Waals surface area contributed by atoms with E-state index >= 15 is 0 Å². The third kappa shape index (κ3) is 2.24. The Morgan fingerprint density at radius 1 is 1.00 bits per heavy atom. The Bertz CT molecular complexity index is 823. The van der Waals surface area contributed by atoms with Crippen molar-refractivity contribution in [2.45, 2.75) is 20.8 Å². The molecule has 0 amide bonds. The van der Waals surface area contributed by atoms with Crippen molar-refractivity contribution < 1.29 is 4.74 Å². The summed E-state index contributed by atoms with van der Waals surface area (Å²) in [6.07, 6.45) is 3.60. The lowest BCUT2D eigenvalue weighted by atomic mass is 10.1. The van der Waals surface area contributed by atoms with Crippen LogP contribution in [0.25, 0.3) is 17.1 Å². The molecule has 5 heteroatoms. The molecule has 0 aliphatic heterocycles. The van der Waals surface area contributed by atoms with Gasteiger partial charge in [0.05, 0.1) is 12.8 Å². The fraction of sp³-hybridized carbons (Fsp3) is 0.235. The third-order valence-electron chi connectivity index (χ3n) is 3.75. The maximum atomic E-state index is 5.53. The zero-order chi connectivity index (χ0) is 15.7. The second-order valence-electron chi connectivity index (χ2n) is 5.22. The topological polar surface area (TPSA) is 52.8 Å². The summed E-state index contributed by atoms with van der Waals surface area (Å²) < 4.78 is 7.56. The van der Waals surface area contributed by atoms with Gasteiger partial charge in [-0.1, -0.05) is 12.1 Å². The van der Waals surface area contributed by atoms with Crippen molar-refractivity contribution in [1.29, 1.82) is 0 Å². The molecule has 2 heterocycles. The van der Waals surface area contributed by atoms with Gasteiger partial charge in [0.15, 0.2) is 5.82 Å². The highest BCUT2D eigenvalue weighted by Gasteiger charge is 2.19. The van der Waals surface area contributed by atoms with E-state index in [9.17, 15) is 0 Å². The number of hydrogen-bond acceptors (Lipinski definition) is 4. The Balaban J connectivity index is 2.31. The van der Waals surface area contributed by atoms with Crippen molar-refractivity contribution in [3.63, 3.8) is 0 Å². The maximum Gasteiger partial charge on any atom is 0.170 e. The number of benzene rings is 1. The van der Waals surface area contributed by atoms with Crippen molar-refractivity contribution in [2.24, 2.45) is 0 Å². The Morgan fingerprint density at radius 3 is 2.55 bits per heavy atom. The number of nitrogens with zero attached hydrogens (tertiary/aromatic N) is 4. The maximum absolute atomic E-state index is 5.53. The Labute approximate surface area is 129 Å². The third-order valence-corrected chi connectivity index (χ3v) is 3.75. The summed E-state index contributed by atoms with van der Waals surface area (Å²) in [7, 11) is 1.67. The monoisotopic (exact) mass is 294 g/mol. The lowest BCUT2D eigenvalue weighted by molar-refractivity contribution is 0.412. The smallest absolute Gasteiger partial charge is 0.170 e. The summed E-state index contributed by atoms with van der Waals surface area (Å²) in [5.74, 6) is 2.38. The van der Waals surface area contributed by atoms with E-state index in [-0.39, 0.29) is 0 Å². The average molecular weight is 294 g/mol. The SMILES string of the molecule is COc1cccc(C)c1-n1c(C)nnc1-c1cnccc1C. The molecular weight excluding hydrogens is 276 g/mol. The normalized spacial score (nSPS) is 10.7. The minimum absolute atomic E-state index is 0.774. The van der Waals surface area contributed by atoms with Crippen LogP contribution in [0.2, 0.25) is 0 Å². The van der Waals surface area contributed by atoms with E-state index in [0.717, 1.165) is 39.8 Å². The molecule has 0 unspecified atom stereocenters. The highest BCUT2D eigenvalue weighted by Crippen LogP contribution is 2.32. The molecule has 3 aromatic rings. The largest absolute Gasteiger partial charge is 0.495 e. The van der Waals surface area contributed by atoms with E-state index < -0.39 is 0 Å². The standard InChI is InChI=1S/C17H18N4O/c1-11-8-9-18-10-14(11)17-20-19-13(3)21(17)16-12(2)6-5-7-15(16)22-4/h5-10H,1-4H3. The van der Waals surface area contributed by atoms with E-state index in [1.807, 2.05) is 42.8 Å². The zero-order valence-corrected chi connectivity index (χ0v) is 13.2. The summed E-state index contributed by atoms with van der Waals surface area (Å²) in [6.45, 7) is 6.03. The number of aromatic nitrogens is 4.